The minimum Gasteiger partial charge on any atom is -0.139 e. The van der Waals surface area contributed by atoms with E-state index in [1.54, 1.807) is 0 Å². The molecule has 0 aliphatic heterocycles. The molecule has 3 aromatic rings. The van der Waals surface area contributed by atoms with E-state index in [2.05, 4.69) is 43.4 Å². The van der Waals surface area contributed by atoms with Crippen molar-refractivity contribution in [3.63, 3.8) is 0 Å². The van der Waals surface area contributed by atoms with Gasteiger partial charge in [-0.2, -0.15) is 0 Å². The third-order valence-electron chi connectivity index (χ3n) is 2.58. The first-order valence-electron chi connectivity index (χ1n) is 5.90. The summed E-state index contributed by atoms with van der Waals surface area (Å²) >= 11 is 2.70. The maximum absolute atomic E-state index is 3.97. The van der Waals surface area contributed by atoms with Gasteiger partial charge in [-0.1, -0.05) is 45.4 Å². The number of aromatic nitrogens is 4. The van der Waals surface area contributed by atoms with Crippen molar-refractivity contribution in [2.24, 2.45) is 0 Å². The predicted octanol–water partition coefficient (Wildman–Crippen LogP) is 3.73. The monoisotopic (exact) mass is 298 g/mol. The quantitative estimate of drug-likeness (QED) is 0.736. The summed E-state index contributed by atoms with van der Waals surface area (Å²) in [7, 11) is 0. The Kier molecular flexibility index (Phi) is 4.05. The zero-order valence-electron chi connectivity index (χ0n) is 10.4. The number of benzene rings is 1. The van der Waals surface area contributed by atoms with Crippen molar-refractivity contribution < 1.29 is 0 Å². The van der Waals surface area contributed by atoms with Gasteiger partial charge in [-0.05, 0) is 46.3 Å². The van der Waals surface area contributed by atoms with Crippen molar-refractivity contribution in [2.45, 2.75) is 0 Å². The van der Waals surface area contributed by atoms with Crippen LogP contribution in [0.4, 0.5) is 0 Å². The van der Waals surface area contributed by atoms with Crippen LogP contribution in [-0.4, -0.2) is 19.2 Å². The highest BCUT2D eigenvalue weighted by molar-refractivity contribution is 7.03. The van der Waals surface area contributed by atoms with Crippen LogP contribution in [0.3, 0.4) is 0 Å². The van der Waals surface area contributed by atoms with Gasteiger partial charge in [0.2, 0.25) is 0 Å². The van der Waals surface area contributed by atoms with E-state index in [0.717, 1.165) is 22.5 Å². The molecule has 3 rings (SSSR count). The van der Waals surface area contributed by atoms with E-state index in [9.17, 15) is 0 Å². The Morgan fingerprint density at radius 1 is 0.650 bits per heavy atom. The molecule has 98 valence electrons. The molecule has 0 amide bonds. The maximum Gasteiger partial charge on any atom is 0.0982 e. The van der Waals surface area contributed by atoms with E-state index in [-0.39, 0.29) is 0 Å². The maximum atomic E-state index is 3.97. The molecule has 0 aliphatic rings. The van der Waals surface area contributed by atoms with Gasteiger partial charge < -0.3 is 0 Å². The first kappa shape index (κ1) is 12.8. The molecule has 2 aromatic heterocycles. The lowest BCUT2D eigenvalue weighted by atomic mass is 10.1. The van der Waals surface area contributed by atoms with E-state index < -0.39 is 0 Å². The summed E-state index contributed by atoms with van der Waals surface area (Å²) in [6, 6.07) is 8.26. The van der Waals surface area contributed by atoms with Gasteiger partial charge in [-0.15, -0.1) is 10.2 Å². The molecule has 0 fully saturated rings. The SMILES string of the molecule is C(=C/c1csnn1)/c1ccc(/C=C/c2csnn2)cc1. The molecule has 20 heavy (non-hydrogen) atoms. The van der Waals surface area contributed by atoms with Crippen molar-refractivity contribution in [1.29, 1.82) is 0 Å². The summed E-state index contributed by atoms with van der Waals surface area (Å²) in [4.78, 5) is 0. The summed E-state index contributed by atoms with van der Waals surface area (Å²) < 4.78 is 7.64. The average molecular weight is 298 g/mol. The Morgan fingerprint density at radius 3 is 1.45 bits per heavy atom. The van der Waals surface area contributed by atoms with Crippen LogP contribution in [-0.2, 0) is 0 Å². The van der Waals surface area contributed by atoms with E-state index in [4.69, 9.17) is 0 Å². The zero-order valence-corrected chi connectivity index (χ0v) is 12.0. The van der Waals surface area contributed by atoms with Gasteiger partial charge in [0.25, 0.3) is 0 Å². The first-order chi connectivity index (χ1) is 9.90. The van der Waals surface area contributed by atoms with Gasteiger partial charge in [-0.25, -0.2) is 0 Å². The van der Waals surface area contributed by atoms with Gasteiger partial charge in [0.15, 0.2) is 0 Å². The van der Waals surface area contributed by atoms with Crippen molar-refractivity contribution in [3.8, 4) is 0 Å². The Hall–Kier alpha value is -2.18. The van der Waals surface area contributed by atoms with Gasteiger partial charge in [0.1, 0.15) is 0 Å². The normalized spacial score (nSPS) is 11.6. The van der Waals surface area contributed by atoms with Crippen LogP contribution >= 0.6 is 23.1 Å². The zero-order chi connectivity index (χ0) is 13.6. The molecule has 0 N–H and O–H groups in total. The van der Waals surface area contributed by atoms with Crippen LogP contribution in [0.25, 0.3) is 24.3 Å². The molecule has 0 radical (unpaired) electrons. The van der Waals surface area contributed by atoms with Gasteiger partial charge in [0, 0.05) is 10.8 Å². The minimum atomic E-state index is 0.884. The standard InChI is InChI=1S/C14H10N4S2/c1-2-12(6-8-14-10-20-18-16-14)4-3-11(1)5-7-13-9-19-17-15-13/h1-10H/b7-5-,8-6+. The molecule has 0 bridgehead atoms. The summed E-state index contributed by atoms with van der Waals surface area (Å²) in [5, 5.41) is 11.8. The van der Waals surface area contributed by atoms with Crippen molar-refractivity contribution >= 4 is 47.4 Å². The van der Waals surface area contributed by atoms with Crippen LogP contribution in [0.2, 0.25) is 0 Å². The molecule has 0 unspecified atom stereocenters. The van der Waals surface area contributed by atoms with Crippen molar-refractivity contribution in [2.75, 3.05) is 0 Å². The highest BCUT2D eigenvalue weighted by Crippen LogP contribution is 2.11. The van der Waals surface area contributed by atoms with Crippen LogP contribution in [0.5, 0.6) is 0 Å². The van der Waals surface area contributed by atoms with Crippen LogP contribution < -0.4 is 0 Å². The van der Waals surface area contributed by atoms with E-state index in [0.29, 0.717) is 0 Å². The lowest BCUT2D eigenvalue weighted by Crippen LogP contribution is -1.76. The number of hydrogen-bond acceptors (Lipinski definition) is 6. The average Bonchev–Trinajstić information content (AvgIpc) is 3.17. The molecule has 0 saturated heterocycles. The summed E-state index contributed by atoms with van der Waals surface area (Å²) in [6.45, 7) is 0. The third kappa shape index (κ3) is 3.43. The lowest BCUT2D eigenvalue weighted by molar-refractivity contribution is 1.14. The summed E-state index contributed by atoms with van der Waals surface area (Å²) in [5.41, 5.74) is 4.03. The Labute approximate surface area is 124 Å². The van der Waals surface area contributed by atoms with Gasteiger partial charge >= 0.3 is 0 Å². The third-order valence-corrected chi connectivity index (χ3v) is 3.63. The molecule has 0 saturated carbocycles. The summed E-state index contributed by atoms with van der Waals surface area (Å²) in [6.07, 6.45) is 7.95. The lowest BCUT2D eigenvalue weighted by Gasteiger charge is -1.95. The fourth-order valence-corrected chi connectivity index (χ4v) is 2.41. The second-order valence-electron chi connectivity index (χ2n) is 3.99. The van der Waals surface area contributed by atoms with Crippen LogP contribution in [0, 0.1) is 0 Å². The molecule has 6 heteroatoms. The van der Waals surface area contributed by atoms with Crippen molar-refractivity contribution in [1.82, 2.24) is 19.2 Å². The van der Waals surface area contributed by atoms with E-state index in [1.807, 2.05) is 35.1 Å². The molecule has 0 aliphatic carbocycles. The second kappa shape index (κ2) is 6.31. The topological polar surface area (TPSA) is 51.6 Å². The van der Waals surface area contributed by atoms with E-state index >= 15 is 0 Å². The Morgan fingerprint density at radius 2 is 1.10 bits per heavy atom. The van der Waals surface area contributed by atoms with Gasteiger partial charge in [-0.3, -0.25) is 0 Å². The van der Waals surface area contributed by atoms with Crippen LogP contribution in [0.15, 0.2) is 35.0 Å². The Balaban J connectivity index is 1.68. The predicted molar refractivity (Wildman–Crippen MR) is 84.1 cm³/mol. The first-order valence-corrected chi connectivity index (χ1v) is 7.58. The molecular weight excluding hydrogens is 288 g/mol. The van der Waals surface area contributed by atoms with Crippen molar-refractivity contribution in [3.05, 3.63) is 57.5 Å². The molecule has 0 spiro atoms. The smallest absolute Gasteiger partial charge is 0.0982 e. The van der Waals surface area contributed by atoms with Crippen LogP contribution in [0.1, 0.15) is 22.5 Å². The summed E-state index contributed by atoms with van der Waals surface area (Å²) in [5.74, 6) is 0. The largest absolute Gasteiger partial charge is 0.139 e. The minimum absolute atomic E-state index is 0.884. The number of hydrogen-bond donors (Lipinski definition) is 0. The highest BCUT2D eigenvalue weighted by Gasteiger charge is 1.92. The highest BCUT2D eigenvalue weighted by atomic mass is 32.1. The second-order valence-corrected chi connectivity index (χ2v) is 5.21. The van der Waals surface area contributed by atoms with E-state index in [1.165, 1.54) is 23.1 Å². The number of rotatable bonds is 4. The molecule has 2 heterocycles. The van der Waals surface area contributed by atoms with Gasteiger partial charge in [0.05, 0.1) is 11.4 Å². The fraction of sp³-hybridized carbons (Fsp3) is 0. The molecule has 1 aromatic carbocycles. The fourth-order valence-electron chi connectivity index (χ4n) is 1.57. The molecular formula is C14H10N4S2. The Bertz CT molecular complexity index is 635. The number of nitrogens with zero attached hydrogens (tertiary/aromatic N) is 4. The molecule has 0 atom stereocenters. The molecule has 4 nitrogen and oxygen atoms in total.